The van der Waals surface area contributed by atoms with Gasteiger partial charge in [0, 0.05) is 6.42 Å². The first kappa shape index (κ1) is 11.4. The summed E-state index contributed by atoms with van der Waals surface area (Å²) in [6, 6.07) is 0. The summed E-state index contributed by atoms with van der Waals surface area (Å²) in [6.07, 6.45) is 3.76. The van der Waals surface area contributed by atoms with Crippen LogP contribution in [0.1, 0.15) is 39.5 Å². The van der Waals surface area contributed by atoms with Crippen LogP contribution in [0.2, 0.25) is 0 Å². The Morgan fingerprint density at radius 1 is 1.50 bits per heavy atom. The van der Waals surface area contributed by atoms with E-state index in [9.17, 15) is 9.90 Å². The maximum Gasteiger partial charge on any atom is 0.164 e. The van der Waals surface area contributed by atoms with Gasteiger partial charge in [0.25, 0.3) is 0 Å². The summed E-state index contributed by atoms with van der Waals surface area (Å²) in [5, 5.41) is 9.74. The molecule has 0 saturated carbocycles. The van der Waals surface area contributed by atoms with Crippen molar-refractivity contribution in [2.75, 3.05) is 0 Å². The van der Waals surface area contributed by atoms with E-state index in [0.717, 1.165) is 0 Å². The minimum atomic E-state index is -1.09. The van der Waals surface area contributed by atoms with Gasteiger partial charge in [0.2, 0.25) is 0 Å². The molecule has 0 saturated heterocycles. The third kappa shape index (κ3) is 2.78. The largest absolute Gasteiger partial charge is 0.382 e. The van der Waals surface area contributed by atoms with Gasteiger partial charge in [0.05, 0.1) is 0 Å². The zero-order valence-electron chi connectivity index (χ0n) is 7.97. The monoisotopic (exact) mass is 170 g/mol. The Hall–Kier alpha value is -0.630. The summed E-state index contributed by atoms with van der Waals surface area (Å²) in [5.41, 5.74) is -1.09. The van der Waals surface area contributed by atoms with Crippen molar-refractivity contribution in [3.8, 4) is 0 Å². The average molecular weight is 170 g/mol. The van der Waals surface area contributed by atoms with Gasteiger partial charge in [-0.25, -0.2) is 0 Å². The molecule has 0 aromatic carbocycles. The van der Waals surface area contributed by atoms with Crippen LogP contribution < -0.4 is 0 Å². The van der Waals surface area contributed by atoms with Gasteiger partial charge < -0.3 is 5.11 Å². The summed E-state index contributed by atoms with van der Waals surface area (Å²) >= 11 is 0. The summed E-state index contributed by atoms with van der Waals surface area (Å²) in [4.78, 5) is 11.4. The van der Waals surface area contributed by atoms with E-state index in [1.165, 1.54) is 0 Å². The van der Waals surface area contributed by atoms with Gasteiger partial charge in [-0.2, -0.15) is 0 Å². The van der Waals surface area contributed by atoms with Crippen molar-refractivity contribution in [3.05, 3.63) is 12.7 Å². The molecule has 0 aliphatic rings. The highest BCUT2D eigenvalue weighted by atomic mass is 16.3. The first-order chi connectivity index (χ1) is 5.60. The third-order valence-electron chi connectivity index (χ3n) is 2.26. The SMILES string of the molecule is C=CCCC(=O)C(O)(CC)CC. The van der Waals surface area contributed by atoms with Crippen molar-refractivity contribution in [1.29, 1.82) is 0 Å². The fourth-order valence-electron chi connectivity index (χ4n) is 1.11. The van der Waals surface area contributed by atoms with Crippen molar-refractivity contribution in [2.45, 2.75) is 45.1 Å². The van der Waals surface area contributed by atoms with Crippen LogP contribution >= 0.6 is 0 Å². The lowest BCUT2D eigenvalue weighted by molar-refractivity contribution is -0.138. The van der Waals surface area contributed by atoms with E-state index in [1.807, 2.05) is 13.8 Å². The minimum Gasteiger partial charge on any atom is -0.382 e. The smallest absolute Gasteiger partial charge is 0.164 e. The standard InChI is InChI=1S/C10H18O2/c1-4-7-8-9(11)10(12,5-2)6-3/h4,12H,1,5-8H2,2-3H3. The van der Waals surface area contributed by atoms with E-state index >= 15 is 0 Å². The number of rotatable bonds is 6. The van der Waals surface area contributed by atoms with Crippen molar-refractivity contribution >= 4 is 5.78 Å². The number of Topliss-reactive ketones (excluding diaryl/α,β-unsaturated/α-hetero) is 1. The molecule has 0 atom stereocenters. The number of carbonyl (C=O) groups is 1. The molecule has 0 amide bonds. The number of carbonyl (C=O) groups excluding carboxylic acids is 1. The Labute approximate surface area is 74.3 Å². The van der Waals surface area contributed by atoms with Crippen LogP contribution in [0.3, 0.4) is 0 Å². The molecule has 12 heavy (non-hydrogen) atoms. The molecule has 0 aromatic heterocycles. The first-order valence-corrected chi connectivity index (χ1v) is 4.47. The average Bonchev–Trinajstić information content (AvgIpc) is 2.12. The topological polar surface area (TPSA) is 37.3 Å². The zero-order valence-corrected chi connectivity index (χ0v) is 7.97. The normalized spacial score (nSPS) is 11.2. The maximum absolute atomic E-state index is 11.4. The minimum absolute atomic E-state index is 0.0626. The van der Waals surface area contributed by atoms with Crippen molar-refractivity contribution < 1.29 is 9.90 Å². The van der Waals surface area contributed by atoms with Crippen molar-refractivity contribution in [2.24, 2.45) is 0 Å². The number of hydrogen-bond acceptors (Lipinski definition) is 2. The number of hydrogen-bond donors (Lipinski definition) is 1. The number of allylic oxidation sites excluding steroid dienone is 1. The first-order valence-electron chi connectivity index (χ1n) is 4.47. The van der Waals surface area contributed by atoms with Gasteiger partial charge in [0.15, 0.2) is 5.78 Å². The molecule has 0 heterocycles. The molecule has 0 bridgehead atoms. The summed E-state index contributed by atoms with van der Waals surface area (Å²) in [7, 11) is 0. The molecule has 0 radical (unpaired) electrons. The van der Waals surface area contributed by atoms with Gasteiger partial charge >= 0.3 is 0 Å². The molecule has 0 fully saturated rings. The molecule has 0 aliphatic carbocycles. The molecule has 2 heteroatoms. The predicted molar refractivity (Wildman–Crippen MR) is 50.0 cm³/mol. The molecule has 1 N–H and O–H groups in total. The van der Waals surface area contributed by atoms with Crippen molar-refractivity contribution in [1.82, 2.24) is 0 Å². The molecule has 0 rings (SSSR count). The Kier molecular flexibility index (Phi) is 4.83. The van der Waals surface area contributed by atoms with Crippen LogP contribution in [-0.4, -0.2) is 16.5 Å². The highest BCUT2D eigenvalue weighted by Crippen LogP contribution is 2.18. The van der Waals surface area contributed by atoms with Gasteiger partial charge in [0.1, 0.15) is 5.60 Å². The van der Waals surface area contributed by atoms with E-state index < -0.39 is 5.60 Å². The van der Waals surface area contributed by atoms with Crippen LogP contribution in [-0.2, 0) is 4.79 Å². The van der Waals surface area contributed by atoms with E-state index in [-0.39, 0.29) is 5.78 Å². The molecule has 70 valence electrons. The van der Waals surface area contributed by atoms with Gasteiger partial charge in [-0.1, -0.05) is 19.9 Å². The third-order valence-corrected chi connectivity index (χ3v) is 2.26. The van der Waals surface area contributed by atoms with Crippen LogP contribution in [0, 0.1) is 0 Å². The summed E-state index contributed by atoms with van der Waals surface area (Å²) in [6.45, 7) is 7.19. The Balaban J connectivity index is 4.11. The Morgan fingerprint density at radius 2 is 2.00 bits per heavy atom. The van der Waals surface area contributed by atoms with E-state index in [2.05, 4.69) is 6.58 Å². The van der Waals surface area contributed by atoms with Gasteiger partial charge in [-0.15, -0.1) is 6.58 Å². The fraction of sp³-hybridized carbons (Fsp3) is 0.700. The Morgan fingerprint density at radius 3 is 2.33 bits per heavy atom. The zero-order chi connectivity index (χ0) is 9.61. The lowest BCUT2D eigenvalue weighted by atomic mass is 9.90. The molecule has 0 spiro atoms. The van der Waals surface area contributed by atoms with Crippen LogP contribution in [0.4, 0.5) is 0 Å². The van der Waals surface area contributed by atoms with Crippen LogP contribution in [0.15, 0.2) is 12.7 Å². The van der Waals surface area contributed by atoms with Crippen LogP contribution in [0.25, 0.3) is 0 Å². The molecular weight excluding hydrogens is 152 g/mol. The summed E-state index contributed by atoms with van der Waals surface area (Å²) < 4.78 is 0. The molecular formula is C10H18O2. The quantitative estimate of drug-likeness (QED) is 0.620. The highest BCUT2D eigenvalue weighted by Gasteiger charge is 2.30. The lowest BCUT2D eigenvalue weighted by Gasteiger charge is -2.22. The van der Waals surface area contributed by atoms with E-state index in [4.69, 9.17) is 0 Å². The second kappa shape index (κ2) is 5.09. The van der Waals surface area contributed by atoms with E-state index in [1.54, 1.807) is 6.08 Å². The van der Waals surface area contributed by atoms with E-state index in [0.29, 0.717) is 25.7 Å². The number of ketones is 1. The second-order valence-electron chi connectivity index (χ2n) is 2.99. The maximum atomic E-state index is 11.4. The molecule has 0 aliphatic heterocycles. The number of aliphatic hydroxyl groups is 1. The van der Waals surface area contributed by atoms with Gasteiger partial charge in [-0.3, -0.25) is 4.79 Å². The predicted octanol–water partition coefficient (Wildman–Crippen LogP) is 2.07. The lowest BCUT2D eigenvalue weighted by Crippen LogP contribution is -2.36. The second-order valence-corrected chi connectivity index (χ2v) is 2.99. The molecule has 2 nitrogen and oxygen atoms in total. The van der Waals surface area contributed by atoms with Gasteiger partial charge in [-0.05, 0) is 19.3 Å². The molecule has 0 aromatic rings. The summed E-state index contributed by atoms with van der Waals surface area (Å²) in [5.74, 6) is -0.0626. The van der Waals surface area contributed by atoms with Crippen molar-refractivity contribution in [3.63, 3.8) is 0 Å². The highest BCUT2D eigenvalue weighted by molar-refractivity contribution is 5.86. The fourth-order valence-corrected chi connectivity index (χ4v) is 1.11. The van der Waals surface area contributed by atoms with Crippen LogP contribution in [0.5, 0.6) is 0 Å². The molecule has 0 unspecified atom stereocenters. The Bertz CT molecular complexity index is 157.